The molecule has 0 atom stereocenters. The summed E-state index contributed by atoms with van der Waals surface area (Å²) in [5, 5.41) is 19.3. The molecule has 0 aliphatic carbocycles. The Morgan fingerprint density at radius 3 is 2.50 bits per heavy atom. The van der Waals surface area contributed by atoms with Crippen LogP contribution in [0, 0.1) is 5.21 Å². The van der Waals surface area contributed by atoms with Gasteiger partial charge >= 0.3 is 0 Å². The van der Waals surface area contributed by atoms with E-state index in [4.69, 9.17) is 0 Å². The first kappa shape index (κ1) is 18.4. The van der Waals surface area contributed by atoms with Gasteiger partial charge in [-0.2, -0.15) is 0 Å². The lowest BCUT2D eigenvalue weighted by atomic mass is 10.0. The van der Waals surface area contributed by atoms with Crippen LogP contribution in [0.5, 0.6) is 0 Å². The van der Waals surface area contributed by atoms with Crippen LogP contribution in [-0.4, -0.2) is 41.2 Å². The van der Waals surface area contributed by atoms with Gasteiger partial charge in [0.2, 0.25) is 0 Å². The first-order chi connectivity index (χ1) is 11.5. The van der Waals surface area contributed by atoms with Crippen molar-refractivity contribution in [1.82, 2.24) is 15.0 Å². The van der Waals surface area contributed by atoms with Gasteiger partial charge in [0, 0.05) is 19.2 Å². The van der Waals surface area contributed by atoms with Crippen molar-refractivity contribution >= 4 is 17.0 Å². The summed E-state index contributed by atoms with van der Waals surface area (Å²) in [4.78, 5) is 7.58. The first-order valence-corrected chi connectivity index (χ1v) is 8.92. The van der Waals surface area contributed by atoms with Crippen LogP contribution in [0.15, 0.2) is 18.2 Å². The molecule has 0 fully saturated rings. The monoisotopic (exact) mass is 331 g/mol. The van der Waals surface area contributed by atoms with E-state index in [0.29, 0.717) is 27.7 Å². The van der Waals surface area contributed by atoms with Gasteiger partial charge in [0.15, 0.2) is 0 Å². The van der Waals surface area contributed by atoms with Crippen LogP contribution in [0.1, 0.15) is 52.0 Å². The summed E-state index contributed by atoms with van der Waals surface area (Å²) < 4.78 is 0. The van der Waals surface area contributed by atoms with Crippen molar-refractivity contribution in [1.29, 1.82) is 0 Å². The van der Waals surface area contributed by atoms with Gasteiger partial charge in [0.05, 0.1) is 5.10 Å². The fraction of sp³-hybridized carbons (Fsp3) is 0.611. The highest BCUT2D eigenvalue weighted by Crippen LogP contribution is 2.18. The van der Waals surface area contributed by atoms with Gasteiger partial charge in [0.1, 0.15) is 5.52 Å². The zero-order valence-electron chi connectivity index (χ0n) is 15.2. The van der Waals surface area contributed by atoms with Crippen molar-refractivity contribution < 1.29 is 4.85 Å². The molecule has 1 N–H and O–H groups in total. The minimum Gasteiger partial charge on any atom is -0.594 e. The molecular weight excluding hydrogens is 302 g/mol. The molecule has 1 aromatic carbocycles. The Bertz CT molecular complexity index is 653. The molecule has 0 saturated heterocycles. The summed E-state index contributed by atoms with van der Waals surface area (Å²) in [6.45, 7) is 12.5. The molecule has 0 aliphatic rings. The van der Waals surface area contributed by atoms with Crippen LogP contribution in [-0.2, 0) is 0 Å². The lowest BCUT2D eigenvalue weighted by molar-refractivity contribution is -0.641. The number of benzene rings is 1. The standard InChI is InChI=1S/C18H29N5O/c1-5-10-22(11-6-2)12-9-19-18-20-16-13-15(14(3)4)7-8-17(16)23(24)21-18/h7-8,13-14H,5-6,9-12H2,1-4H3,(H,19,20,21). The third-order valence-corrected chi connectivity index (χ3v) is 4.07. The topological polar surface area (TPSA) is 68.0 Å². The normalized spacial score (nSPS) is 11.6. The molecule has 2 rings (SSSR count). The Morgan fingerprint density at radius 1 is 1.17 bits per heavy atom. The first-order valence-electron chi connectivity index (χ1n) is 8.92. The Labute approximate surface area is 144 Å². The smallest absolute Gasteiger partial charge is 0.290 e. The Kier molecular flexibility index (Phi) is 6.73. The van der Waals surface area contributed by atoms with Gasteiger partial charge in [-0.1, -0.05) is 33.8 Å². The highest BCUT2D eigenvalue weighted by atomic mass is 16.5. The Balaban J connectivity index is 2.08. The average molecular weight is 331 g/mol. The van der Waals surface area contributed by atoms with Gasteiger partial charge in [0.25, 0.3) is 11.5 Å². The lowest BCUT2D eigenvalue weighted by Gasteiger charge is -2.20. The molecule has 0 amide bonds. The van der Waals surface area contributed by atoms with Crippen LogP contribution in [0.25, 0.3) is 11.0 Å². The minimum atomic E-state index is 0.395. The minimum absolute atomic E-state index is 0.395. The fourth-order valence-corrected chi connectivity index (χ4v) is 2.80. The Hall–Kier alpha value is -1.95. The maximum absolute atomic E-state index is 12.1. The molecule has 6 heteroatoms. The number of rotatable bonds is 9. The van der Waals surface area contributed by atoms with Crippen molar-refractivity contribution in [2.24, 2.45) is 0 Å². The summed E-state index contributed by atoms with van der Waals surface area (Å²) in [6.07, 6.45) is 2.29. The molecular formula is C18H29N5O. The second kappa shape index (κ2) is 8.78. The van der Waals surface area contributed by atoms with Crippen molar-refractivity contribution in [2.45, 2.75) is 46.5 Å². The van der Waals surface area contributed by atoms with E-state index < -0.39 is 0 Å². The molecule has 1 heterocycles. The van der Waals surface area contributed by atoms with E-state index >= 15 is 0 Å². The van der Waals surface area contributed by atoms with Gasteiger partial charge < -0.3 is 15.4 Å². The number of hydrogen-bond acceptors (Lipinski definition) is 5. The van der Waals surface area contributed by atoms with E-state index in [2.05, 4.69) is 48.0 Å². The third-order valence-electron chi connectivity index (χ3n) is 4.07. The highest BCUT2D eigenvalue weighted by molar-refractivity contribution is 5.72. The molecule has 1 aromatic heterocycles. The number of nitrogens with one attached hydrogen (secondary N) is 1. The van der Waals surface area contributed by atoms with Gasteiger partial charge in [-0.05, 0) is 48.3 Å². The number of anilines is 1. The van der Waals surface area contributed by atoms with Crippen molar-refractivity contribution in [2.75, 3.05) is 31.5 Å². The molecule has 132 valence electrons. The average Bonchev–Trinajstić information content (AvgIpc) is 2.54. The van der Waals surface area contributed by atoms with E-state index in [1.165, 1.54) is 5.56 Å². The molecule has 2 aromatic rings. The van der Waals surface area contributed by atoms with Crippen molar-refractivity contribution in [3.8, 4) is 0 Å². The second-order valence-corrected chi connectivity index (χ2v) is 6.48. The van der Waals surface area contributed by atoms with Crippen LogP contribution in [0.3, 0.4) is 0 Å². The molecule has 0 saturated carbocycles. The Morgan fingerprint density at radius 2 is 1.88 bits per heavy atom. The molecule has 0 spiro atoms. The fourth-order valence-electron chi connectivity index (χ4n) is 2.80. The number of hydrogen-bond donors (Lipinski definition) is 1. The maximum Gasteiger partial charge on any atom is 0.290 e. The third kappa shape index (κ3) is 4.77. The predicted octanol–water partition coefficient (Wildman–Crippen LogP) is 2.92. The zero-order chi connectivity index (χ0) is 17.5. The predicted molar refractivity (Wildman–Crippen MR) is 98.1 cm³/mol. The SMILES string of the molecule is CCCN(CCC)CCNc1nc2cc(C(C)C)ccc2[n+]([O-])n1. The van der Waals surface area contributed by atoms with Crippen LogP contribution >= 0.6 is 0 Å². The van der Waals surface area contributed by atoms with Crippen LogP contribution in [0.2, 0.25) is 0 Å². The van der Waals surface area contributed by atoms with Gasteiger partial charge in [-0.3, -0.25) is 0 Å². The highest BCUT2D eigenvalue weighted by Gasteiger charge is 2.12. The van der Waals surface area contributed by atoms with Crippen LogP contribution in [0.4, 0.5) is 5.95 Å². The van der Waals surface area contributed by atoms with Crippen LogP contribution < -0.4 is 10.2 Å². The summed E-state index contributed by atoms with van der Waals surface area (Å²) in [6, 6.07) is 5.73. The number of aromatic nitrogens is 3. The van der Waals surface area contributed by atoms with E-state index in [0.717, 1.165) is 39.0 Å². The van der Waals surface area contributed by atoms with Gasteiger partial charge in [-0.25, -0.2) is 4.98 Å². The van der Waals surface area contributed by atoms with Gasteiger partial charge in [-0.15, -0.1) is 0 Å². The number of fused-ring (bicyclic) bond motifs is 1. The van der Waals surface area contributed by atoms with Crippen molar-refractivity contribution in [3.63, 3.8) is 0 Å². The molecule has 24 heavy (non-hydrogen) atoms. The van der Waals surface area contributed by atoms with E-state index in [1.807, 2.05) is 12.1 Å². The molecule has 6 nitrogen and oxygen atoms in total. The van der Waals surface area contributed by atoms with Crippen molar-refractivity contribution in [3.05, 3.63) is 29.0 Å². The molecule has 0 aliphatic heterocycles. The molecule has 0 radical (unpaired) electrons. The van der Waals surface area contributed by atoms with E-state index in [-0.39, 0.29) is 0 Å². The summed E-state index contributed by atoms with van der Waals surface area (Å²) in [7, 11) is 0. The number of nitrogens with zero attached hydrogens (tertiary/aromatic N) is 4. The van der Waals surface area contributed by atoms with E-state index in [9.17, 15) is 5.21 Å². The maximum atomic E-state index is 12.1. The largest absolute Gasteiger partial charge is 0.594 e. The molecule has 0 unspecified atom stereocenters. The quantitative estimate of drug-likeness (QED) is 0.565. The summed E-state index contributed by atoms with van der Waals surface area (Å²) in [5.74, 6) is 0.795. The summed E-state index contributed by atoms with van der Waals surface area (Å²) >= 11 is 0. The lowest BCUT2D eigenvalue weighted by Crippen LogP contribution is -2.35. The molecule has 0 bridgehead atoms. The second-order valence-electron chi connectivity index (χ2n) is 6.48. The van der Waals surface area contributed by atoms with E-state index in [1.54, 1.807) is 6.07 Å². The summed E-state index contributed by atoms with van der Waals surface area (Å²) in [5.41, 5.74) is 2.36. The zero-order valence-corrected chi connectivity index (χ0v) is 15.2.